The molecule has 2 bridgehead atoms. The van der Waals surface area contributed by atoms with Crippen molar-refractivity contribution in [2.45, 2.75) is 48.0 Å². The van der Waals surface area contributed by atoms with Crippen LogP contribution >= 0.6 is 11.6 Å². The first kappa shape index (κ1) is 30.8. The zero-order chi connectivity index (χ0) is 30.9. The van der Waals surface area contributed by atoms with Gasteiger partial charge in [0.1, 0.15) is 18.0 Å². The highest BCUT2D eigenvalue weighted by Crippen LogP contribution is 2.51. The molecule has 0 spiro atoms. The number of halogens is 4. The number of amides is 1. The van der Waals surface area contributed by atoms with Crippen molar-refractivity contribution in [1.82, 2.24) is 0 Å². The standard InChI is InChI=1S/C30H28ClF3N2O6S/c1-41-22-7-2-17(3-8-22)15-42-35-16-30(38)13-19-4-5-20(14-30)28(19)43(39,40)26-10-18(6-9-23(26)31)29(37)36-21-11-24(32)27(34)25(33)12-21/h2-3,6-12,16,19-20,28,38H,4-5,13-15H2,1H3,(H,36,37)/b35-16+/t19?,20?,28-,30-. The summed E-state index contributed by atoms with van der Waals surface area (Å²) in [6, 6.07) is 12.1. The smallest absolute Gasteiger partial charge is 0.255 e. The molecule has 2 N–H and O–H groups in total. The van der Waals surface area contributed by atoms with Crippen molar-refractivity contribution in [1.29, 1.82) is 0 Å². The quantitative estimate of drug-likeness (QED) is 0.171. The SMILES string of the molecule is COc1ccc(CO/N=C/[C@]2(O)CC3CCC(C2)[C@H]3S(=O)(=O)c2cc(C(=O)Nc3cc(F)c(F)c(F)c3)ccc2Cl)cc1. The number of aliphatic hydroxyl groups is 1. The van der Waals surface area contributed by atoms with E-state index in [9.17, 15) is 31.5 Å². The van der Waals surface area contributed by atoms with Crippen molar-refractivity contribution in [2.24, 2.45) is 17.0 Å². The average molecular weight is 637 g/mol. The van der Waals surface area contributed by atoms with Gasteiger partial charge in [0, 0.05) is 23.4 Å². The van der Waals surface area contributed by atoms with Gasteiger partial charge in [-0.2, -0.15) is 0 Å². The second-order valence-corrected chi connectivity index (χ2v) is 13.3. The lowest BCUT2D eigenvalue weighted by Crippen LogP contribution is -2.47. The fourth-order valence-corrected chi connectivity index (χ4v) is 8.83. The molecule has 3 aromatic rings. The number of benzene rings is 3. The van der Waals surface area contributed by atoms with Gasteiger partial charge >= 0.3 is 0 Å². The first-order valence-corrected chi connectivity index (χ1v) is 15.3. The average Bonchev–Trinajstić information content (AvgIpc) is 3.27. The molecule has 2 aliphatic rings. The number of rotatable bonds is 9. The van der Waals surface area contributed by atoms with Gasteiger partial charge in [-0.3, -0.25) is 4.79 Å². The molecule has 0 saturated heterocycles. The summed E-state index contributed by atoms with van der Waals surface area (Å²) in [6.07, 6.45) is 2.74. The predicted octanol–water partition coefficient (Wildman–Crippen LogP) is 5.91. The number of carbonyl (C=O) groups excluding carboxylic acids is 1. The van der Waals surface area contributed by atoms with Crippen LogP contribution in [-0.4, -0.2) is 43.6 Å². The van der Waals surface area contributed by atoms with Gasteiger partial charge in [0.15, 0.2) is 27.3 Å². The van der Waals surface area contributed by atoms with Crippen LogP contribution in [0.2, 0.25) is 5.02 Å². The van der Waals surface area contributed by atoms with Crippen LogP contribution < -0.4 is 10.1 Å². The van der Waals surface area contributed by atoms with E-state index in [1.807, 2.05) is 12.1 Å². The molecule has 2 aliphatic carbocycles. The molecule has 228 valence electrons. The molecule has 0 heterocycles. The summed E-state index contributed by atoms with van der Waals surface area (Å²) in [4.78, 5) is 17.9. The van der Waals surface area contributed by atoms with Crippen molar-refractivity contribution in [3.8, 4) is 5.75 Å². The fourth-order valence-electron chi connectivity index (χ4n) is 5.99. The summed E-state index contributed by atoms with van der Waals surface area (Å²) in [5, 5.41) is 16.5. The van der Waals surface area contributed by atoms with Gasteiger partial charge in [-0.25, -0.2) is 21.6 Å². The lowest BCUT2D eigenvalue weighted by Gasteiger charge is -2.38. The maximum atomic E-state index is 13.9. The lowest BCUT2D eigenvalue weighted by molar-refractivity contribution is 0.0411. The Hall–Kier alpha value is -3.61. The molecule has 2 saturated carbocycles. The van der Waals surface area contributed by atoms with E-state index in [1.54, 1.807) is 19.2 Å². The number of nitrogens with one attached hydrogen (secondary N) is 1. The van der Waals surface area contributed by atoms with Crippen molar-refractivity contribution in [3.63, 3.8) is 0 Å². The molecular weight excluding hydrogens is 609 g/mol. The molecule has 2 unspecified atom stereocenters. The molecule has 13 heteroatoms. The number of ether oxygens (including phenoxy) is 1. The largest absolute Gasteiger partial charge is 0.497 e. The molecule has 0 aromatic heterocycles. The molecule has 43 heavy (non-hydrogen) atoms. The van der Waals surface area contributed by atoms with Crippen molar-refractivity contribution in [3.05, 3.63) is 88.2 Å². The Kier molecular flexibility index (Phi) is 8.73. The molecule has 2 atom stereocenters. The number of sulfone groups is 1. The predicted molar refractivity (Wildman–Crippen MR) is 153 cm³/mol. The summed E-state index contributed by atoms with van der Waals surface area (Å²) < 4.78 is 73.4. The Bertz CT molecular complexity index is 1630. The lowest BCUT2D eigenvalue weighted by atomic mass is 9.78. The Morgan fingerprint density at radius 2 is 1.70 bits per heavy atom. The van der Waals surface area contributed by atoms with Crippen LogP contribution in [-0.2, 0) is 21.3 Å². The normalized spacial score (nSPS) is 23.3. The summed E-state index contributed by atoms with van der Waals surface area (Å²) in [5.74, 6) is -5.63. The van der Waals surface area contributed by atoms with Gasteiger partial charge in [-0.15, -0.1) is 0 Å². The molecule has 5 rings (SSSR count). The van der Waals surface area contributed by atoms with Crippen LogP contribution in [0.3, 0.4) is 0 Å². The van der Waals surface area contributed by atoms with Gasteiger partial charge in [0.25, 0.3) is 5.91 Å². The third kappa shape index (κ3) is 6.51. The highest BCUT2D eigenvalue weighted by atomic mass is 35.5. The molecule has 0 radical (unpaired) electrons. The second kappa shape index (κ2) is 12.2. The fraction of sp³-hybridized carbons (Fsp3) is 0.333. The monoisotopic (exact) mass is 636 g/mol. The molecule has 3 aromatic carbocycles. The van der Waals surface area contributed by atoms with Gasteiger partial charge < -0.3 is 20.0 Å². The van der Waals surface area contributed by atoms with Gasteiger partial charge in [0.2, 0.25) is 0 Å². The van der Waals surface area contributed by atoms with Gasteiger partial charge in [-0.1, -0.05) is 28.9 Å². The van der Waals surface area contributed by atoms with Crippen LogP contribution in [0.15, 0.2) is 64.6 Å². The van der Waals surface area contributed by atoms with E-state index < -0.39 is 55.9 Å². The van der Waals surface area contributed by atoms with E-state index in [4.69, 9.17) is 21.2 Å². The molecule has 8 nitrogen and oxygen atoms in total. The van der Waals surface area contributed by atoms with Crippen LogP contribution in [0.1, 0.15) is 41.6 Å². The van der Waals surface area contributed by atoms with Crippen molar-refractivity contribution >= 4 is 39.2 Å². The van der Waals surface area contributed by atoms with E-state index in [-0.39, 0.29) is 40.6 Å². The minimum absolute atomic E-state index is 0.0934. The number of methoxy groups -OCH3 is 1. The van der Waals surface area contributed by atoms with Crippen molar-refractivity contribution in [2.75, 3.05) is 12.4 Å². The van der Waals surface area contributed by atoms with Crippen LogP contribution in [0.5, 0.6) is 5.75 Å². The first-order chi connectivity index (χ1) is 20.4. The highest BCUT2D eigenvalue weighted by molar-refractivity contribution is 7.92. The minimum Gasteiger partial charge on any atom is -0.497 e. The van der Waals surface area contributed by atoms with Crippen LogP contribution in [0.4, 0.5) is 18.9 Å². The molecular formula is C30H28ClF3N2O6S. The second-order valence-electron chi connectivity index (χ2n) is 10.8. The Balaban J connectivity index is 1.29. The summed E-state index contributed by atoms with van der Waals surface area (Å²) in [5.41, 5.74) is -0.985. The third-order valence-electron chi connectivity index (χ3n) is 7.93. The van der Waals surface area contributed by atoms with E-state index in [0.717, 1.165) is 11.6 Å². The van der Waals surface area contributed by atoms with Crippen molar-refractivity contribution < 1.29 is 41.1 Å². The van der Waals surface area contributed by atoms with E-state index in [1.165, 1.54) is 18.3 Å². The zero-order valence-corrected chi connectivity index (χ0v) is 24.5. The summed E-state index contributed by atoms with van der Waals surface area (Å²) >= 11 is 6.30. The Morgan fingerprint density at radius 3 is 2.30 bits per heavy atom. The van der Waals surface area contributed by atoms with Gasteiger partial charge in [-0.05, 0) is 73.4 Å². The van der Waals surface area contributed by atoms with Crippen LogP contribution in [0, 0.1) is 29.3 Å². The summed E-state index contributed by atoms with van der Waals surface area (Å²) in [6.45, 7) is 0.174. The van der Waals surface area contributed by atoms with E-state index in [2.05, 4.69) is 10.5 Å². The summed E-state index contributed by atoms with van der Waals surface area (Å²) in [7, 11) is -2.50. The number of hydrogen-bond acceptors (Lipinski definition) is 7. The number of anilines is 1. The number of hydrogen-bond donors (Lipinski definition) is 2. The first-order valence-electron chi connectivity index (χ1n) is 13.4. The molecule has 0 aliphatic heterocycles. The maximum absolute atomic E-state index is 13.9. The minimum atomic E-state index is -4.07. The van der Waals surface area contributed by atoms with E-state index in [0.29, 0.717) is 30.7 Å². The topological polar surface area (TPSA) is 114 Å². The van der Waals surface area contributed by atoms with Crippen LogP contribution in [0.25, 0.3) is 0 Å². The number of oxime groups is 1. The maximum Gasteiger partial charge on any atom is 0.255 e. The highest BCUT2D eigenvalue weighted by Gasteiger charge is 2.54. The Morgan fingerprint density at radius 1 is 1.07 bits per heavy atom. The molecule has 2 fully saturated rings. The number of nitrogens with zero attached hydrogens (tertiary/aromatic N) is 1. The number of carbonyl (C=O) groups is 1. The number of fused-ring (bicyclic) bond motifs is 2. The zero-order valence-electron chi connectivity index (χ0n) is 22.9. The molecule has 1 amide bonds. The van der Waals surface area contributed by atoms with Gasteiger partial charge in [0.05, 0.1) is 28.5 Å². The third-order valence-corrected chi connectivity index (χ3v) is 10.8. The Labute approximate surface area is 251 Å². The van der Waals surface area contributed by atoms with E-state index >= 15 is 0 Å².